The van der Waals surface area contributed by atoms with Gasteiger partial charge in [0.05, 0.1) is 4.90 Å². The molecule has 1 N–H and O–H groups in total. The van der Waals surface area contributed by atoms with Crippen LogP contribution in [0.3, 0.4) is 0 Å². The van der Waals surface area contributed by atoms with Gasteiger partial charge in [-0.1, -0.05) is 5.92 Å². The maximum absolute atomic E-state index is 13.2. The molecule has 142 valence electrons. The highest BCUT2D eigenvalue weighted by Crippen LogP contribution is 2.38. The molecule has 0 aliphatic carbocycles. The normalized spacial score (nSPS) is 19.9. The predicted molar refractivity (Wildman–Crippen MR) is 104 cm³/mol. The molecule has 1 aromatic rings. The number of rotatable bonds is 5. The van der Waals surface area contributed by atoms with E-state index in [-0.39, 0.29) is 17.4 Å². The highest BCUT2D eigenvalue weighted by Gasteiger charge is 2.47. The van der Waals surface area contributed by atoms with Crippen LogP contribution in [0.25, 0.3) is 0 Å². The maximum Gasteiger partial charge on any atom is 0.243 e. The first kappa shape index (κ1) is 20.6. The SMILES string of the molecule is CC#CCOc1ccc(S(=O)(=O)N2CCSC(C)(C)[C@@H]2C(=O)NC)cc1. The number of carbonyl (C=O) groups is 1. The van der Waals surface area contributed by atoms with Gasteiger partial charge in [-0.3, -0.25) is 4.79 Å². The van der Waals surface area contributed by atoms with E-state index in [1.807, 2.05) is 13.8 Å². The van der Waals surface area contributed by atoms with Gasteiger partial charge in [-0.05, 0) is 45.0 Å². The molecule has 1 aliphatic rings. The van der Waals surface area contributed by atoms with Crippen LogP contribution < -0.4 is 10.1 Å². The Morgan fingerprint density at radius 2 is 2.04 bits per heavy atom. The molecule has 1 saturated heterocycles. The average molecular weight is 397 g/mol. The number of nitrogens with zero attached hydrogens (tertiary/aromatic N) is 1. The van der Waals surface area contributed by atoms with Crippen molar-refractivity contribution in [3.05, 3.63) is 24.3 Å². The minimum atomic E-state index is -3.80. The molecule has 0 radical (unpaired) electrons. The predicted octanol–water partition coefficient (Wildman–Crippen LogP) is 1.72. The number of amides is 1. The quantitative estimate of drug-likeness (QED) is 0.767. The molecular weight excluding hydrogens is 372 g/mol. The molecule has 2 rings (SSSR count). The van der Waals surface area contributed by atoms with Crippen molar-refractivity contribution in [1.29, 1.82) is 0 Å². The Labute approximate surface area is 159 Å². The lowest BCUT2D eigenvalue weighted by Crippen LogP contribution is -2.60. The van der Waals surface area contributed by atoms with Crippen LogP contribution in [-0.2, 0) is 14.8 Å². The number of carbonyl (C=O) groups excluding carboxylic acids is 1. The first-order valence-electron chi connectivity index (χ1n) is 8.24. The first-order chi connectivity index (χ1) is 12.2. The van der Waals surface area contributed by atoms with Crippen LogP contribution in [0.5, 0.6) is 5.75 Å². The number of sulfonamides is 1. The van der Waals surface area contributed by atoms with E-state index in [1.165, 1.54) is 23.5 Å². The summed E-state index contributed by atoms with van der Waals surface area (Å²) in [6, 6.07) is 5.43. The zero-order valence-electron chi connectivity index (χ0n) is 15.4. The van der Waals surface area contributed by atoms with Crippen molar-refractivity contribution < 1.29 is 17.9 Å². The molecule has 1 aromatic carbocycles. The van der Waals surface area contributed by atoms with Gasteiger partial charge in [0.15, 0.2) is 0 Å². The lowest BCUT2D eigenvalue weighted by atomic mass is 10.0. The smallest absolute Gasteiger partial charge is 0.243 e. The van der Waals surface area contributed by atoms with Gasteiger partial charge in [0.25, 0.3) is 0 Å². The van der Waals surface area contributed by atoms with Crippen molar-refractivity contribution in [1.82, 2.24) is 9.62 Å². The Balaban J connectivity index is 2.31. The van der Waals surface area contributed by atoms with E-state index < -0.39 is 20.8 Å². The first-order valence-corrected chi connectivity index (χ1v) is 10.7. The number of nitrogens with one attached hydrogen (secondary N) is 1. The summed E-state index contributed by atoms with van der Waals surface area (Å²) >= 11 is 1.60. The topological polar surface area (TPSA) is 75.7 Å². The molecule has 0 saturated carbocycles. The summed E-state index contributed by atoms with van der Waals surface area (Å²) in [6.45, 7) is 6.05. The second kappa shape index (κ2) is 8.33. The molecule has 1 atom stereocenters. The number of thioether (sulfide) groups is 1. The molecule has 1 fully saturated rings. The van der Waals surface area contributed by atoms with E-state index in [1.54, 1.807) is 30.8 Å². The molecular formula is C18H24N2O4S2. The van der Waals surface area contributed by atoms with Gasteiger partial charge >= 0.3 is 0 Å². The number of ether oxygens (including phenoxy) is 1. The van der Waals surface area contributed by atoms with Crippen LogP contribution in [-0.4, -0.2) is 55.4 Å². The number of benzene rings is 1. The fraction of sp³-hybridized carbons (Fsp3) is 0.500. The summed E-state index contributed by atoms with van der Waals surface area (Å²) < 4.78 is 32.5. The summed E-state index contributed by atoms with van der Waals surface area (Å²) in [4.78, 5) is 12.5. The highest BCUT2D eigenvalue weighted by atomic mass is 32.2. The second-order valence-electron chi connectivity index (χ2n) is 6.27. The van der Waals surface area contributed by atoms with Crippen molar-refractivity contribution in [3.63, 3.8) is 0 Å². The van der Waals surface area contributed by atoms with E-state index in [9.17, 15) is 13.2 Å². The molecule has 0 aromatic heterocycles. The van der Waals surface area contributed by atoms with Gasteiger partial charge in [-0.25, -0.2) is 8.42 Å². The lowest BCUT2D eigenvalue weighted by Gasteiger charge is -2.43. The highest BCUT2D eigenvalue weighted by molar-refractivity contribution is 8.00. The average Bonchev–Trinajstić information content (AvgIpc) is 2.61. The Morgan fingerprint density at radius 3 is 2.62 bits per heavy atom. The van der Waals surface area contributed by atoms with E-state index in [4.69, 9.17) is 4.74 Å². The third-order valence-electron chi connectivity index (χ3n) is 4.15. The zero-order chi connectivity index (χ0) is 19.4. The third-order valence-corrected chi connectivity index (χ3v) is 7.38. The van der Waals surface area contributed by atoms with Gasteiger partial charge in [0, 0.05) is 24.1 Å². The number of hydrogen-bond acceptors (Lipinski definition) is 5. The van der Waals surface area contributed by atoms with Crippen molar-refractivity contribution in [3.8, 4) is 17.6 Å². The fourth-order valence-electron chi connectivity index (χ4n) is 2.83. The van der Waals surface area contributed by atoms with Gasteiger partial charge in [0.2, 0.25) is 15.9 Å². The van der Waals surface area contributed by atoms with Gasteiger partial charge < -0.3 is 10.1 Å². The van der Waals surface area contributed by atoms with Gasteiger partial charge in [-0.15, -0.1) is 5.92 Å². The maximum atomic E-state index is 13.2. The summed E-state index contributed by atoms with van der Waals surface area (Å²) in [5.74, 6) is 6.39. The minimum Gasteiger partial charge on any atom is -0.481 e. The summed E-state index contributed by atoms with van der Waals surface area (Å²) in [5, 5.41) is 2.59. The Bertz CT molecular complexity index is 808. The van der Waals surface area contributed by atoms with Gasteiger partial charge in [0.1, 0.15) is 18.4 Å². The Kier molecular flexibility index (Phi) is 6.61. The molecule has 8 heteroatoms. The Morgan fingerprint density at radius 1 is 1.38 bits per heavy atom. The molecule has 0 unspecified atom stereocenters. The standard InChI is InChI=1S/C18H24N2O4S2/c1-5-6-12-24-14-7-9-15(10-8-14)26(22,23)20-11-13-25-18(2,3)16(20)17(21)19-4/h7-10,16H,11-13H2,1-4H3,(H,19,21)/t16-/m0/s1. The van der Waals surface area contributed by atoms with Crippen LogP contribution in [0.15, 0.2) is 29.2 Å². The van der Waals surface area contributed by atoms with Crippen molar-refractivity contribution in [2.75, 3.05) is 26.0 Å². The van der Waals surface area contributed by atoms with E-state index in [0.29, 0.717) is 18.0 Å². The van der Waals surface area contributed by atoms with E-state index in [0.717, 1.165) is 0 Å². The molecule has 0 spiro atoms. The molecule has 1 heterocycles. The summed E-state index contributed by atoms with van der Waals surface area (Å²) in [5.41, 5.74) is 0. The largest absolute Gasteiger partial charge is 0.481 e. The van der Waals surface area contributed by atoms with E-state index in [2.05, 4.69) is 17.2 Å². The van der Waals surface area contributed by atoms with Crippen LogP contribution >= 0.6 is 11.8 Å². The second-order valence-corrected chi connectivity index (χ2v) is 9.91. The van der Waals surface area contributed by atoms with Crippen molar-refractivity contribution in [2.24, 2.45) is 0 Å². The van der Waals surface area contributed by atoms with Crippen LogP contribution in [0.4, 0.5) is 0 Å². The van der Waals surface area contributed by atoms with Gasteiger partial charge in [-0.2, -0.15) is 16.1 Å². The molecule has 0 bridgehead atoms. The summed E-state index contributed by atoms with van der Waals surface area (Å²) in [6.07, 6.45) is 0. The molecule has 1 aliphatic heterocycles. The molecule has 1 amide bonds. The van der Waals surface area contributed by atoms with Crippen molar-refractivity contribution in [2.45, 2.75) is 36.5 Å². The number of likely N-dealkylation sites (N-methyl/N-ethyl adjacent to an activating group) is 1. The number of hydrogen-bond donors (Lipinski definition) is 1. The van der Waals surface area contributed by atoms with Crippen LogP contribution in [0.2, 0.25) is 0 Å². The fourth-order valence-corrected chi connectivity index (χ4v) is 5.94. The van der Waals surface area contributed by atoms with Crippen molar-refractivity contribution >= 4 is 27.7 Å². The molecule has 6 nitrogen and oxygen atoms in total. The van der Waals surface area contributed by atoms with E-state index >= 15 is 0 Å². The monoisotopic (exact) mass is 396 g/mol. The third kappa shape index (κ3) is 4.34. The summed E-state index contributed by atoms with van der Waals surface area (Å²) in [7, 11) is -2.28. The lowest BCUT2D eigenvalue weighted by molar-refractivity contribution is -0.125. The minimum absolute atomic E-state index is 0.142. The molecule has 26 heavy (non-hydrogen) atoms. The van der Waals surface area contributed by atoms with Crippen LogP contribution in [0, 0.1) is 11.8 Å². The van der Waals surface area contributed by atoms with Crippen LogP contribution in [0.1, 0.15) is 20.8 Å². The zero-order valence-corrected chi connectivity index (χ0v) is 17.0. The Hall–Kier alpha value is -1.69.